The fraction of sp³-hybridized carbons (Fsp3) is 0.0435. The standard InChI is InChI=1S/C23H16I2O/c24-17-13-20(23(26)21(25)14-17)22(16-8-2-1-3-9-16)19-12-6-10-15-7-4-5-11-18(15)19/h1-14,22,26H. The van der Waals surface area contributed by atoms with E-state index in [0.717, 1.165) is 12.7 Å². The summed E-state index contributed by atoms with van der Waals surface area (Å²) in [5.41, 5.74) is 3.34. The van der Waals surface area contributed by atoms with Crippen molar-refractivity contribution in [1.82, 2.24) is 0 Å². The highest BCUT2D eigenvalue weighted by Crippen LogP contribution is 2.41. The highest BCUT2D eigenvalue weighted by atomic mass is 127. The maximum atomic E-state index is 10.9. The first-order valence-corrected chi connectivity index (χ1v) is 10.5. The molecule has 1 nitrogen and oxygen atoms in total. The van der Waals surface area contributed by atoms with Crippen molar-refractivity contribution in [2.75, 3.05) is 0 Å². The molecular weight excluding hydrogens is 546 g/mol. The molecule has 0 radical (unpaired) electrons. The van der Waals surface area contributed by atoms with Gasteiger partial charge in [0.25, 0.3) is 0 Å². The first-order chi connectivity index (χ1) is 12.6. The van der Waals surface area contributed by atoms with Crippen LogP contribution in [-0.2, 0) is 0 Å². The molecule has 0 fully saturated rings. The second-order valence-electron chi connectivity index (χ2n) is 6.24. The summed E-state index contributed by atoms with van der Waals surface area (Å²) in [5.74, 6) is 0.346. The molecule has 4 aromatic carbocycles. The molecule has 4 aromatic rings. The number of phenolic OH excluding ortho intramolecular Hbond substituents is 1. The van der Waals surface area contributed by atoms with E-state index in [1.54, 1.807) is 0 Å². The molecule has 0 saturated heterocycles. The summed E-state index contributed by atoms with van der Waals surface area (Å²) in [5, 5.41) is 13.3. The van der Waals surface area contributed by atoms with Gasteiger partial charge >= 0.3 is 0 Å². The molecule has 0 aromatic heterocycles. The van der Waals surface area contributed by atoms with E-state index >= 15 is 0 Å². The van der Waals surface area contributed by atoms with Gasteiger partial charge in [0, 0.05) is 15.1 Å². The van der Waals surface area contributed by atoms with Crippen LogP contribution in [0.1, 0.15) is 22.6 Å². The van der Waals surface area contributed by atoms with Gasteiger partial charge < -0.3 is 5.11 Å². The van der Waals surface area contributed by atoms with Gasteiger partial charge in [-0.2, -0.15) is 0 Å². The van der Waals surface area contributed by atoms with Crippen molar-refractivity contribution < 1.29 is 5.11 Å². The van der Waals surface area contributed by atoms with Crippen LogP contribution in [0.15, 0.2) is 84.9 Å². The maximum absolute atomic E-state index is 10.9. The Morgan fingerprint density at radius 3 is 2.19 bits per heavy atom. The van der Waals surface area contributed by atoms with E-state index in [9.17, 15) is 5.11 Å². The van der Waals surface area contributed by atoms with Crippen molar-refractivity contribution in [1.29, 1.82) is 0 Å². The Kier molecular flexibility index (Phi) is 5.18. The highest BCUT2D eigenvalue weighted by molar-refractivity contribution is 14.1. The Labute approximate surface area is 180 Å². The van der Waals surface area contributed by atoms with Crippen LogP contribution in [0.5, 0.6) is 5.75 Å². The summed E-state index contributed by atoms with van der Waals surface area (Å²) < 4.78 is 2.01. The summed E-state index contributed by atoms with van der Waals surface area (Å²) in [7, 11) is 0. The van der Waals surface area contributed by atoms with Gasteiger partial charge in [-0.05, 0) is 79.2 Å². The van der Waals surface area contributed by atoms with Crippen LogP contribution >= 0.6 is 45.2 Å². The zero-order chi connectivity index (χ0) is 18.1. The SMILES string of the molecule is Oc1c(I)cc(I)cc1C(c1ccccc1)c1cccc2ccccc12. The van der Waals surface area contributed by atoms with Gasteiger partial charge in [-0.25, -0.2) is 0 Å². The Hall–Kier alpha value is -1.60. The molecule has 0 spiro atoms. The summed E-state index contributed by atoms with van der Waals surface area (Å²) >= 11 is 4.53. The Balaban J connectivity index is 2.05. The average molecular weight is 562 g/mol. The van der Waals surface area contributed by atoms with Crippen molar-refractivity contribution in [2.45, 2.75) is 5.92 Å². The van der Waals surface area contributed by atoms with Crippen molar-refractivity contribution in [3.05, 3.63) is 109 Å². The van der Waals surface area contributed by atoms with Crippen molar-refractivity contribution in [3.8, 4) is 5.75 Å². The molecule has 0 aliphatic carbocycles. The van der Waals surface area contributed by atoms with Gasteiger partial charge in [0.2, 0.25) is 0 Å². The first-order valence-electron chi connectivity index (χ1n) is 8.35. The van der Waals surface area contributed by atoms with E-state index in [0.29, 0.717) is 5.75 Å². The molecule has 4 rings (SSSR count). The molecule has 0 saturated carbocycles. The second kappa shape index (κ2) is 7.56. The molecule has 1 unspecified atom stereocenters. The van der Waals surface area contributed by atoms with Gasteiger partial charge in [-0.3, -0.25) is 0 Å². The van der Waals surface area contributed by atoms with Gasteiger partial charge in [-0.1, -0.05) is 72.8 Å². The third kappa shape index (κ3) is 3.34. The third-order valence-corrected chi connectivity index (χ3v) is 6.08. The minimum absolute atomic E-state index is 0.0227. The predicted octanol–water partition coefficient (Wildman–Crippen LogP) is 6.93. The Bertz CT molecular complexity index is 1070. The minimum Gasteiger partial charge on any atom is -0.507 e. The van der Waals surface area contributed by atoms with Crippen LogP contribution < -0.4 is 0 Å². The lowest BCUT2D eigenvalue weighted by molar-refractivity contribution is 0.463. The van der Waals surface area contributed by atoms with E-state index in [1.165, 1.54) is 21.9 Å². The van der Waals surface area contributed by atoms with Crippen LogP contribution in [0.25, 0.3) is 10.8 Å². The van der Waals surface area contributed by atoms with Crippen LogP contribution in [0.4, 0.5) is 0 Å². The van der Waals surface area contributed by atoms with Crippen molar-refractivity contribution >= 4 is 56.0 Å². The summed E-state index contributed by atoms with van der Waals surface area (Å²) in [6.45, 7) is 0. The lowest BCUT2D eigenvalue weighted by Crippen LogP contribution is -2.05. The second-order valence-corrected chi connectivity index (χ2v) is 8.65. The normalized spacial score (nSPS) is 12.2. The zero-order valence-electron chi connectivity index (χ0n) is 13.9. The number of hydrogen-bond donors (Lipinski definition) is 1. The quantitative estimate of drug-likeness (QED) is 0.212. The highest BCUT2D eigenvalue weighted by Gasteiger charge is 2.23. The van der Waals surface area contributed by atoms with Gasteiger partial charge in [0.05, 0.1) is 3.57 Å². The van der Waals surface area contributed by atoms with Gasteiger partial charge in [-0.15, -0.1) is 0 Å². The molecule has 128 valence electrons. The number of halogens is 2. The zero-order valence-corrected chi connectivity index (χ0v) is 18.2. The molecule has 0 bridgehead atoms. The average Bonchev–Trinajstić information content (AvgIpc) is 2.67. The predicted molar refractivity (Wildman–Crippen MR) is 125 cm³/mol. The first kappa shape index (κ1) is 17.8. The third-order valence-electron chi connectivity index (χ3n) is 4.64. The Morgan fingerprint density at radius 1 is 0.692 bits per heavy atom. The van der Waals surface area contributed by atoms with Crippen LogP contribution in [0, 0.1) is 7.14 Å². The molecule has 1 atom stereocenters. The summed E-state index contributed by atoms with van der Waals surface area (Å²) in [6.07, 6.45) is 0. The smallest absolute Gasteiger partial charge is 0.133 e. The fourth-order valence-electron chi connectivity index (χ4n) is 3.48. The van der Waals surface area contributed by atoms with Crippen LogP contribution in [0.3, 0.4) is 0 Å². The fourth-order valence-corrected chi connectivity index (χ4v) is 5.37. The topological polar surface area (TPSA) is 20.2 Å². The maximum Gasteiger partial charge on any atom is 0.133 e. The van der Waals surface area contributed by atoms with Gasteiger partial charge in [0.15, 0.2) is 0 Å². The van der Waals surface area contributed by atoms with Crippen molar-refractivity contribution in [2.24, 2.45) is 0 Å². The van der Waals surface area contributed by atoms with Crippen LogP contribution in [0.2, 0.25) is 0 Å². The number of rotatable bonds is 3. The van der Waals surface area contributed by atoms with Crippen molar-refractivity contribution in [3.63, 3.8) is 0 Å². The molecule has 0 amide bonds. The molecule has 0 aliphatic rings. The minimum atomic E-state index is -0.0227. The van der Waals surface area contributed by atoms with E-state index in [2.05, 4.69) is 118 Å². The molecular formula is C23H16I2O. The van der Waals surface area contributed by atoms with E-state index in [4.69, 9.17) is 0 Å². The number of hydrogen-bond acceptors (Lipinski definition) is 1. The lowest BCUT2D eigenvalue weighted by atomic mass is 9.82. The Morgan fingerprint density at radius 2 is 1.38 bits per heavy atom. The number of fused-ring (bicyclic) bond motifs is 1. The van der Waals surface area contributed by atoms with E-state index in [-0.39, 0.29) is 5.92 Å². The summed E-state index contributed by atoms with van der Waals surface area (Å²) in [6, 6.07) is 29.4. The molecule has 3 heteroatoms. The molecule has 0 aliphatic heterocycles. The van der Waals surface area contributed by atoms with E-state index < -0.39 is 0 Å². The number of phenols is 1. The van der Waals surface area contributed by atoms with Crippen LogP contribution in [-0.4, -0.2) is 5.11 Å². The number of aromatic hydroxyl groups is 1. The largest absolute Gasteiger partial charge is 0.507 e. The molecule has 1 N–H and O–H groups in total. The lowest BCUT2D eigenvalue weighted by Gasteiger charge is -2.22. The van der Waals surface area contributed by atoms with E-state index in [1.807, 2.05) is 12.1 Å². The molecule has 0 heterocycles. The number of benzene rings is 4. The van der Waals surface area contributed by atoms with Gasteiger partial charge in [0.1, 0.15) is 5.75 Å². The summed E-state index contributed by atoms with van der Waals surface area (Å²) in [4.78, 5) is 0. The monoisotopic (exact) mass is 562 g/mol. The molecule has 26 heavy (non-hydrogen) atoms.